The molecule has 0 aliphatic carbocycles. The van der Waals surface area contributed by atoms with E-state index in [1.165, 1.54) is 16.3 Å². The zero-order valence-electron chi connectivity index (χ0n) is 16.8. The molecule has 0 saturated heterocycles. The zero-order valence-corrected chi connectivity index (χ0v) is 20.4. The summed E-state index contributed by atoms with van der Waals surface area (Å²) in [5, 5.41) is 22.1. The van der Waals surface area contributed by atoms with Crippen molar-refractivity contribution in [2.45, 2.75) is 46.6 Å². The van der Waals surface area contributed by atoms with Crippen molar-refractivity contribution in [3.05, 3.63) is 58.1 Å². The SMILES string of the molecule is CCCc1ccc(Cn2c(Br)nnc2CC(C)(C)C(=O)[O-])c2ccccc12.[Na+]. The molecule has 0 saturated carbocycles. The minimum absolute atomic E-state index is 0. The maximum absolute atomic E-state index is 11.4. The summed E-state index contributed by atoms with van der Waals surface area (Å²) in [6, 6.07) is 12.7. The first kappa shape index (κ1) is 23.1. The van der Waals surface area contributed by atoms with Crippen LogP contribution in [0, 0.1) is 5.41 Å². The van der Waals surface area contributed by atoms with Gasteiger partial charge in [0.15, 0.2) is 4.73 Å². The smallest absolute Gasteiger partial charge is 0.550 e. The molecule has 2 aromatic carbocycles. The van der Waals surface area contributed by atoms with E-state index in [9.17, 15) is 9.90 Å². The molecular weight excluding hydrogens is 429 g/mol. The van der Waals surface area contributed by atoms with Crippen LogP contribution in [0.4, 0.5) is 0 Å². The number of carbonyl (C=O) groups is 1. The van der Waals surface area contributed by atoms with Crippen LogP contribution >= 0.6 is 15.9 Å². The second-order valence-electron chi connectivity index (χ2n) is 7.50. The molecule has 1 heterocycles. The van der Waals surface area contributed by atoms with Crippen molar-refractivity contribution < 1.29 is 39.5 Å². The molecule has 1 aromatic heterocycles. The number of carbonyl (C=O) groups excluding carboxylic acids is 1. The van der Waals surface area contributed by atoms with Gasteiger partial charge in [0.25, 0.3) is 0 Å². The van der Waals surface area contributed by atoms with Gasteiger partial charge in [-0.15, -0.1) is 10.2 Å². The number of aryl methyl sites for hydroxylation is 1. The Morgan fingerprint density at radius 3 is 2.32 bits per heavy atom. The standard InChI is InChI=1S/C21H24BrN3O2.Na/c1-4-7-14-10-11-15(17-9-6-5-8-16(14)17)13-25-18(23-24-20(25)22)12-21(2,3)19(26)27;/h5-6,8-11H,4,7,12-13H2,1-3H3,(H,26,27);/q;+1/p-1. The van der Waals surface area contributed by atoms with Crippen LogP contribution in [0.2, 0.25) is 0 Å². The molecule has 0 amide bonds. The number of carboxylic acids is 1. The molecule has 5 nitrogen and oxygen atoms in total. The Hall–Kier alpha value is -1.21. The molecule has 0 spiro atoms. The number of hydrogen-bond acceptors (Lipinski definition) is 4. The number of halogens is 1. The summed E-state index contributed by atoms with van der Waals surface area (Å²) in [4.78, 5) is 11.4. The molecule has 7 heteroatoms. The van der Waals surface area contributed by atoms with Crippen LogP contribution in [0.15, 0.2) is 41.1 Å². The first-order valence-corrected chi connectivity index (χ1v) is 9.91. The fourth-order valence-corrected chi connectivity index (χ4v) is 3.70. The van der Waals surface area contributed by atoms with Crippen LogP contribution in [0.5, 0.6) is 0 Å². The van der Waals surface area contributed by atoms with Crippen LogP contribution in [-0.2, 0) is 24.2 Å². The molecule has 0 aliphatic heterocycles. The van der Waals surface area contributed by atoms with E-state index in [0.29, 0.717) is 17.1 Å². The number of aromatic nitrogens is 3. The third kappa shape index (κ3) is 4.85. The summed E-state index contributed by atoms with van der Waals surface area (Å²) in [5.74, 6) is -0.472. The van der Waals surface area contributed by atoms with E-state index in [1.54, 1.807) is 13.8 Å². The molecule has 0 N–H and O–H groups in total. The number of aliphatic carboxylic acids is 1. The topological polar surface area (TPSA) is 70.8 Å². The van der Waals surface area contributed by atoms with Gasteiger partial charge in [-0.25, -0.2) is 0 Å². The monoisotopic (exact) mass is 451 g/mol. The van der Waals surface area contributed by atoms with Crippen molar-refractivity contribution in [3.8, 4) is 0 Å². The molecule has 3 rings (SSSR count). The van der Waals surface area contributed by atoms with E-state index in [1.807, 2.05) is 10.6 Å². The Balaban J connectivity index is 0.00000280. The van der Waals surface area contributed by atoms with E-state index in [4.69, 9.17) is 0 Å². The number of fused-ring (bicyclic) bond motifs is 1. The van der Waals surface area contributed by atoms with Gasteiger partial charge >= 0.3 is 29.6 Å². The maximum atomic E-state index is 11.4. The average Bonchev–Trinajstić information content (AvgIpc) is 2.96. The van der Waals surface area contributed by atoms with Gasteiger partial charge in [0.05, 0.1) is 6.54 Å². The molecule has 142 valence electrons. The molecule has 28 heavy (non-hydrogen) atoms. The van der Waals surface area contributed by atoms with Crippen molar-refractivity contribution in [2.24, 2.45) is 5.41 Å². The Bertz CT molecular complexity index is 985. The van der Waals surface area contributed by atoms with E-state index in [0.717, 1.165) is 18.4 Å². The van der Waals surface area contributed by atoms with Crippen LogP contribution in [0.25, 0.3) is 10.8 Å². The summed E-state index contributed by atoms with van der Waals surface area (Å²) in [6.07, 6.45) is 2.39. The largest absolute Gasteiger partial charge is 1.00 e. The maximum Gasteiger partial charge on any atom is 1.00 e. The van der Waals surface area contributed by atoms with Crippen molar-refractivity contribution in [3.63, 3.8) is 0 Å². The number of benzene rings is 2. The normalized spacial score (nSPS) is 11.4. The minimum atomic E-state index is -1.09. The number of rotatable bonds is 7. The van der Waals surface area contributed by atoms with Crippen LogP contribution in [-0.4, -0.2) is 20.7 Å². The van der Waals surface area contributed by atoms with Crippen molar-refractivity contribution in [1.82, 2.24) is 14.8 Å². The van der Waals surface area contributed by atoms with Crippen LogP contribution in [0.1, 0.15) is 44.1 Å². The quantitative estimate of drug-likeness (QED) is 0.491. The number of hydrogen-bond donors (Lipinski definition) is 0. The number of nitrogens with zero attached hydrogens (tertiary/aromatic N) is 3. The fourth-order valence-electron chi connectivity index (χ4n) is 3.29. The van der Waals surface area contributed by atoms with Gasteiger partial charge in [0.1, 0.15) is 5.82 Å². The van der Waals surface area contributed by atoms with Crippen molar-refractivity contribution >= 4 is 32.7 Å². The first-order chi connectivity index (χ1) is 12.8. The summed E-state index contributed by atoms with van der Waals surface area (Å²) >= 11 is 3.45. The predicted octanol–water partition coefficient (Wildman–Crippen LogP) is 0.517. The Morgan fingerprint density at radius 1 is 1.11 bits per heavy atom. The molecule has 0 atom stereocenters. The molecular formula is C21H23BrN3NaO2. The first-order valence-electron chi connectivity index (χ1n) is 9.12. The zero-order chi connectivity index (χ0) is 19.6. The van der Waals surface area contributed by atoms with Gasteiger partial charge in [-0.1, -0.05) is 63.6 Å². The summed E-state index contributed by atoms with van der Waals surface area (Å²) in [6.45, 7) is 6.04. The van der Waals surface area contributed by atoms with Crippen LogP contribution in [0.3, 0.4) is 0 Å². The van der Waals surface area contributed by atoms with Crippen LogP contribution < -0.4 is 34.7 Å². The summed E-state index contributed by atoms with van der Waals surface area (Å²) in [5.41, 5.74) is 1.48. The van der Waals surface area contributed by atoms with Gasteiger partial charge in [0, 0.05) is 17.8 Å². The van der Waals surface area contributed by atoms with Gasteiger partial charge in [0.2, 0.25) is 0 Å². The Labute approximate surface area is 196 Å². The minimum Gasteiger partial charge on any atom is -0.550 e. The van der Waals surface area contributed by atoms with E-state index in [-0.39, 0.29) is 36.0 Å². The second kappa shape index (κ2) is 9.53. The Morgan fingerprint density at radius 2 is 1.71 bits per heavy atom. The number of carboxylic acid groups (broad SMARTS) is 1. The van der Waals surface area contributed by atoms with E-state index in [2.05, 4.69) is 63.4 Å². The average molecular weight is 452 g/mol. The molecule has 0 unspecified atom stereocenters. The second-order valence-corrected chi connectivity index (χ2v) is 8.21. The Kier molecular flexibility index (Phi) is 7.85. The van der Waals surface area contributed by atoms with Gasteiger partial charge in [-0.05, 0) is 44.3 Å². The summed E-state index contributed by atoms with van der Waals surface area (Å²) < 4.78 is 2.51. The molecule has 0 fully saturated rings. The van der Waals surface area contributed by atoms with Gasteiger partial charge < -0.3 is 14.5 Å². The van der Waals surface area contributed by atoms with Gasteiger partial charge in [-0.3, -0.25) is 0 Å². The molecule has 3 aromatic rings. The summed E-state index contributed by atoms with van der Waals surface area (Å²) in [7, 11) is 0. The molecule has 0 aliphatic rings. The predicted molar refractivity (Wildman–Crippen MR) is 107 cm³/mol. The third-order valence-corrected chi connectivity index (χ3v) is 5.47. The fraction of sp³-hybridized carbons (Fsp3) is 0.381. The third-order valence-electron chi connectivity index (χ3n) is 4.89. The van der Waals surface area contributed by atoms with Crippen molar-refractivity contribution in [2.75, 3.05) is 0 Å². The van der Waals surface area contributed by atoms with Crippen molar-refractivity contribution in [1.29, 1.82) is 0 Å². The van der Waals surface area contributed by atoms with E-state index < -0.39 is 11.4 Å². The molecule has 0 bridgehead atoms. The molecule has 0 radical (unpaired) electrons. The van der Waals surface area contributed by atoms with Gasteiger partial charge in [-0.2, -0.15) is 0 Å². The van der Waals surface area contributed by atoms with E-state index >= 15 is 0 Å².